The number of methoxy groups -OCH3 is 1. The molecule has 4 aromatic rings. The molecule has 0 amide bonds. The molecule has 0 fully saturated rings. The molecule has 2 heterocycles. The SMILES string of the molecule is COc1cc(-c2cnc3[nH]cc(-c4ccc(C)cc4)c3n2)ccc1C. The molecule has 4 nitrogen and oxygen atoms in total. The molecule has 4 heteroatoms. The Bertz CT molecular complexity index is 1050. The summed E-state index contributed by atoms with van der Waals surface area (Å²) in [5, 5.41) is 0. The van der Waals surface area contributed by atoms with Gasteiger partial charge in [-0.05, 0) is 31.0 Å². The minimum absolute atomic E-state index is 0.790. The molecule has 0 radical (unpaired) electrons. The molecule has 0 aliphatic carbocycles. The van der Waals surface area contributed by atoms with Gasteiger partial charge in [-0.1, -0.05) is 42.0 Å². The molecule has 0 spiro atoms. The van der Waals surface area contributed by atoms with Gasteiger partial charge in [0.05, 0.1) is 19.0 Å². The molecule has 0 unspecified atom stereocenters. The van der Waals surface area contributed by atoms with Gasteiger partial charge in [0.2, 0.25) is 0 Å². The molecule has 0 aliphatic rings. The van der Waals surface area contributed by atoms with Crippen molar-refractivity contribution in [3.8, 4) is 28.1 Å². The van der Waals surface area contributed by atoms with Crippen LogP contribution in [0.5, 0.6) is 5.75 Å². The highest BCUT2D eigenvalue weighted by Gasteiger charge is 2.11. The molecule has 0 aliphatic heterocycles. The van der Waals surface area contributed by atoms with Crippen LogP contribution >= 0.6 is 0 Å². The van der Waals surface area contributed by atoms with E-state index in [4.69, 9.17) is 9.72 Å². The standard InChI is InChI=1S/C21H19N3O/c1-13-4-7-15(8-5-13)17-11-22-21-20(17)24-18(12-23-21)16-9-6-14(2)19(10-16)25-3/h4-12H,1-3H3,(H,22,23). The van der Waals surface area contributed by atoms with E-state index < -0.39 is 0 Å². The largest absolute Gasteiger partial charge is 0.496 e. The fourth-order valence-electron chi connectivity index (χ4n) is 2.96. The van der Waals surface area contributed by atoms with Gasteiger partial charge in [0.15, 0.2) is 5.65 Å². The molecule has 0 bridgehead atoms. The van der Waals surface area contributed by atoms with Crippen LogP contribution in [0.2, 0.25) is 0 Å². The normalized spacial score (nSPS) is 11.0. The number of benzene rings is 2. The maximum Gasteiger partial charge on any atom is 0.156 e. The molecule has 4 rings (SSSR count). The first kappa shape index (κ1) is 15.4. The van der Waals surface area contributed by atoms with E-state index in [9.17, 15) is 0 Å². The van der Waals surface area contributed by atoms with Crippen molar-refractivity contribution in [1.82, 2.24) is 15.0 Å². The van der Waals surface area contributed by atoms with Crippen LogP contribution < -0.4 is 4.74 Å². The summed E-state index contributed by atoms with van der Waals surface area (Å²) in [6.45, 7) is 4.11. The van der Waals surface area contributed by atoms with Crippen LogP contribution in [0.4, 0.5) is 0 Å². The number of fused-ring (bicyclic) bond motifs is 1. The van der Waals surface area contributed by atoms with Crippen LogP contribution in [0.1, 0.15) is 11.1 Å². The van der Waals surface area contributed by atoms with Gasteiger partial charge in [-0.2, -0.15) is 0 Å². The molecule has 1 N–H and O–H groups in total. The summed E-state index contributed by atoms with van der Waals surface area (Å²) in [6, 6.07) is 14.5. The lowest BCUT2D eigenvalue weighted by Crippen LogP contribution is -1.91. The predicted molar refractivity (Wildman–Crippen MR) is 101 cm³/mol. The fraction of sp³-hybridized carbons (Fsp3) is 0.143. The number of aryl methyl sites for hydroxylation is 2. The smallest absolute Gasteiger partial charge is 0.156 e. The average Bonchev–Trinajstić information content (AvgIpc) is 3.06. The monoisotopic (exact) mass is 329 g/mol. The molecule has 0 saturated heterocycles. The van der Waals surface area contributed by atoms with E-state index in [2.05, 4.69) is 41.2 Å². The number of aromatic amines is 1. The van der Waals surface area contributed by atoms with Gasteiger partial charge in [0.25, 0.3) is 0 Å². The average molecular weight is 329 g/mol. The molecule has 0 atom stereocenters. The van der Waals surface area contributed by atoms with Crippen molar-refractivity contribution in [3.63, 3.8) is 0 Å². The highest BCUT2D eigenvalue weighted by molar-refractivity contribution is 5.91. The zero-order chi connectivity index (χ0) is 17.4. The predicted octanol–water partition coefficient (Wildman–Crippen LogP) is 4.92. The van der Waals surface area contributed by atoms with Crippen LogP contribution in [0, 0.1) is 13.8 Å². The Morgan fingerprint density at radius 1 is 0.960 bits per heavy atom. The number of hydrogen-bond acceptors (Lipinski definition) is 3. The van der Waals surface area contributed by atoms with Crippen molar-refractivity contribution in [3.05, 3.63) is 66.0 Å². The van der Waals surface area contributed by atoms with Crippen LogP contribution in [0.15, 0.2) is 54.9 Å². The van der Waals surface area contributed by atoms with Gasteiger partial charge in [-0.25, -0.2) is 9.97 Å². The van der Waals surface area contributed by atoms with E-state index in [-0.39, 0.29) is 0 Å². The molecule has 0 saturated carbocycles. The van der Waals surface area contributed by atoms with E-state index in [0.29, 0.717) is 0 Å². The minimum Gasteiger partial charge on any atom is -0.496 e. The van der Waals surface area contributed by atoms with Crippen molar-refractivity contribution < 1.29 is 4.74 Å². The Labute approximate surface area is 146 Å². The summed E-state index contributed by atoms with van der Waals surface area (Å²) in [5.74, 6) is 0.854. The van der Waals surface area contributed by atoms with E-state index >= 15 is 0 Å². The van der Waals surface area contributed by atoms with Gasteiger partial charge >= 0.3 is 0 Å². The first-order valence-electron chi connectivity index (χ1n) is 8.22. The lowest BCUT2D eigenvalue weighted by atomic mass is 10.1. The quantitative estimate of drug-likeness (QED) is 0.580. The third-order valence-corrected chi connectivity index (χ3v) is 4.45. The number of nitrogens with zero attached hydrogens (tertiary/aromatic N) is 2. The molecule has 2 aromatic carbocycles. The first-order chi connectivity index (χ1) is 12.2. The van der Waals surface area contributed by atoms with Gasteiger partial charge in [-0.15, -0.1) is 0 Å². The number of rotatable bonds is 3. The second kappa shape index (κ2) is 6.06. The minimum atomic E-state index is 0.790. The maximum absolute atomic E-state index is 5.43. The Kier molecular flexibility index (Phi) is 3.73. The van der Waals surface area contributed by atoms with Crippen LogP contribution in [0.25, 0.3) is 33.5 Å². The number of aromatic nitrogens is 3. The molecule has 25 heavy (non-hydrogen) atoms. The third-order valence-electron chi connectivity index (χ3n) is 4.45. The number of nitrogens with one attached hydrogen (secondary N) is 1. The molecule has 2 aromatic heterocycles. The summed E-state index contributed by atoms with van der Waals surface area (Å²) in [7, 11) is 1.68. The van der Waals surface area contributed by atoms with Crippen molar-refractivity contribution in [2.75, 3.05) is 7.11 Å². The summed E-state index contributed by atoms with van der Waals surface area (Å²) in [4.78, 5) is 12.6. The van der Waals surface area contributed by atoms with Crippen LogP contribution in [-0.2, 0) is 0 Å². The Hall–Kier alpha value is -3.14. The van der Waals surface area contributed by atoms with Crippen molar-refractivity contribution >= 4 is 11.2 Å². The number of hydrogen-bond donors (Lipinski definition) is 1. The zero-order valence-corrected chi connectivity index (χ0v) is 14.5. The number of H-pyrrole nitrogens is 1. The summed E-state index contributed by atoms with van der Waals surface area (Å²) < 4.78 is 5.43. The highest BCUT2D eigenvalue weighted by atomic mass is 16.5. The summed E-state index contributed by atoms with van der Waals surface area (Å²) >= 11 is 0. The van der Waals surface area contributed by atoms with Gasteiger partial charge in [-0.3, -0.25) is 0 Å². The maximum atomic E-state index is 5.43. The third kappa shape index (κ3) is 2.76. The highest BCUT2D eigenvalue weighted by Crippen LogP contribution is 2.30. The van der Waals surface area contributed by atoms with E-state index in [1.165, 1.54) is 5.56 Å². The molecular weight excluding hydrogens is 310 g/mol. The van der Waals surface area contributed by atoms with Crippen molar-refractivity contribution in [2.24, 2.45) is 0 Å². The topological polar surface area (TPSA) is 50.8 Å². The molecular formula is C21H19N3O. The van der Waals surface area contributed by atoms with E-state index in [1.807, 2.05) is 31.3 Å². The van der Waals surface area contributed by atoms with E-state index in [1.54, 1.807) is 13.3 Å². The summed E-state index contributed by atoms with van der Waals surface area (Å²) in [5.41, 5.74) is 8.02. The van der Waals surface area contributed by atoms with Crippen LogP contribution in [0.3, 0.4) is 0 Å². The zero-order valence-electron chi connectivity index (χ0n) is 14.5. The Balaban J connectivity index is 1.85. The second-order valence-electron chi connectivity index (χ2n) is 6.21. The van der Waals surface area contributed by atoms with Crippen LogP contribution in [-0.4, -0.2) is 22.1 Å². The lowest BCUT2D eigenvalue weighted by Gasteiger charge is -2.07. The molecule has 124 valence electrons. The summed E-state index contributed by atoms with van der Waals surface area (Å²) in [6.07, 6.45) is 3.76. The Morgan fingerprint density at radius 3 is 2.48 bits per heavy atom. The van der Waals surface area contributed by atoms with Gasteiger partial charge in [0.1, 0.15) is 11.3 Å². The van der Waals surface area contributed by atoms with Crippen molar-refractivity contribution in [1.29, 1.82) is 0 Å². The van der Waals surface area contributed by atoms with Gasteiger partial charge < -0.3 is 9.72 Å². The number of ether oxygens (including phenoxy) is 1. The first-order valence-corrected chi connectivity index (χ1v) is 8.22. The Morgan fingerprint density at radius 2 is 1.72 bits per heavy atom. The fourth-order valence-corrected chi connectivity index (χ4v) is 2.96. The second-order valence-corrected chi connectivity index (χ2v) is 6.21. The lowest BCUT2D eigenvalue weighted by molar-refractivity contribution is 0.412. The van der Waals surface area contributed by atoms with E-state index in [0.717, 1.165) is 44.9 Å². The van der Waals surface area contributed by atoms with Crippen molar-refractivity contribution in [2.45, 2.75) is 13.8 Å². The van der Waals surface area contributed by atoms with Gasteiger partial charge in [0, 0.05) is 17.3 Å².